The summed E-state index contributed by atoms with van der Waals surface area (Å²) < 4.78 is 0. The van der Waals surface area contributed by atoms with Crippen LogP contribution in [-0.2, 0) is 0 Å². The number of fused-ring (bicyclic) bond motifs is 1. The Balaban J connectivity index is 1.55. The molecule has 0 spiro atoms. The Hall–Kier alpha value is -0.120. The number of nitrogens with zero attached hydrogens (tertiary/aromatic N) is 2. The molecule has 3 rings (SSSR count). The minimum absolute atomic E-state index is 0.310. The van der Waals surface area contributed by atoms with Crippen LogP contribution in [0.4, 0.5) is 0 Å². The Labute approximate surface area is 92.1 Å². The van der Waals surface area contributed by atoms with Crippen LogP contribution in [0.25, 0.3) is 0 Å². The summed E-state index contributed by atoms with van der Waals surface area (Å²) in [7, 11) is 2.23. The first-order valence-electron chi connectivity index (χ1n) is 6.23. The van der Waals surface area contributed by atoms with Crippen molar-refractivity contribution in [3.63, 3.8) is 0 Å². The van der Waals surface area contributed by atoms with E-state index in [1.165, 1.54) is 39.0 Å². The average Bonchev–Trinajstić information content (AvgIpc) is 2.74. The van der Waals surface area contributed by atoms with Crippen LogP contribution >= 0.6 is 0 Å². The molecule has 2 unspecified atom stereocenters. The fourth-order valence-electron chi connectivity index (χ4n) is 3.47. The fourth-order valence-corrected chi connectivity index (χ4v) is 3.47. The quantitative estimate of drug-likeness (QED) is 0.723. The zero-order chi connectivity index (χ0) is 10.5. The Kier molecular flexibility index (Phi) is 2.31. The minimum atomic E-state index is 0.310. The van der Waals surface area contributed by atoms with Gasteiger partial charge in [0.25, 0.3) is 0 Å². The molecule has 3 heteroatoms. The second kappa shape index (κ2) is 3.44. The van der Waals surface area contributed by atoms with Crippen LogP contribution in [0.1, 0.15) is 12.8 Å². The van der Waals surface area contributed by atoms with Crippen molar-refractivity contribution in [1.29, 1.82) is 0 Å². The molecule has 1 saturated carbocycles. The highest BCUT2D eigenvalue weighted by molar-refractivity contribution is 4.99. The van der Waals surface area contributed by atoms with Gasteiger partial charge in [-0.1, -0.05) is 0 Å². The lowest BCUT2D eigenvalue weighted by molar-refractivity contribution is 0.155. The molecule has 0 amide bonds. The topological polar surface area (TPSA) is 26.7 Å². The van der Waals surface area contributed by atoms with E-state index in [4.69, 9.17) is 0 Å². The number of aliphatic hydroxyl groups excluding tert-OH is 1. The Bertz CT molecular complexity index is 238. The van der Waals surface area contributed by atoms with Crippen LogP contribution in [0, 0.1) is 17.3 Å². The van der Waals surface area contributed by atoms with E-state index in [9.17, 15) is 5.11 Å². The normalized spacial score (nSPS) is 39.6. The lowest BCUT2D eigenvalue weighted by Gasteiger charge is -2.23. The molecule has 3 nitrogen and oxygen atoms in total. The van der Waals surface area contributed by atoms with Crippen LogP contribution in [0.5, 0.6) is 0 Å². The summed E-state index contributed by atoms with van der Waals surface area (Å²) in [6, 6.07) is 0. The third-order valence-electron chi connectivity index (χ3n) is 4.60. The van der Waals surface area contributed by atoms with E-state index in [2.05, 4.69) is 16.8 Å². The third kappa shape index (κ3) is 1.81. The molecule has 2 aliphatic heterocycles. The van der Waals surface area contributed by atoms with E-state index in [0.29, 0.717) is 12.0 Å². The number of aliphatic hydroxyl groups is 1. The molecule has 86 valence electrons. The van der Waals surface area contributed by atoms with Gasteiger partial charge in [0, 0.05) is 44.7 Å². The van der Waals surface area contributed by atoms with Crippen molar-refractivity contribution in [3.05, 3.63) is 0 Å². The molecule has 1 N–H and O–H groups in total. The van der Waals surface area contributed by atoms with Gasteiger partial charge in [-0.15, -0.1) is 0 Å². The number of hydrogen-bond donors (Lipinski definition) is 1. The van der Waals surface area contributed by atoms with E-state index in [1.807, 2.05) is 0 Å². The SMILES string of the molecule is CN1CC2CN(CC3(CO)CC3)CC2C1. The predicted molar refractivity (Wildman–Crippen MR) is 59.7 cm³/mol. The maximum Gasteiger partial charge on any atom is 0.0499 e. The second-order valence-electron chi connectivity index (χ2n) is 6.09. The van der Waals surface area contributed by atoms with E-state index < -0.39 is 0 Å². The highest BCUT2D eigenvalue weighted by atomic mass is 16.3. The van der Waals surface area contributed by atoms with Gasteiger partial charge in [-0.05, 0) is 31.7 Å². The Morgan fingerprint density at radius 1 is 1.13 bits per heavy atom. The summed E-state index contributed by atoms with van der Waals surface area (Å²) in [6.07, 6.45) is 2.49. The smallest absolute Gasteiger partial charge is 0.0499 e. The van der Waals surface area contributed by atoms with Crippen molar-refractivity contribution in [2.45, 2.75) is 12.8 Å². The molecule has 0 aromatic rings. The minimum Gasteiger partial charge on any atom is -0.396 e. The Morgan fingerprint density at radius 2 is 1.73 bits per heavy atom. The van der Waals surface area contributed by atoms with Crippen LogP contribution in [0.15, 0.2) is 0 Å². The highest BCUT2D eigenvalue weighted by Gasteiger charge is 2.46. The van der Waals surface area contributed by atoms with Crippen molar-refractivity contribution in [1.82, 2.24) is 9.80 Å². The second-order valence-corrected chi connectivity index (χ2v) is 6.09. The number of likely N-dealkylation sites (tertiary alicyclic amines) is 2. The summed E-state index contributed by atoms with van der Waals surface area (Å²) >= 11 is 0. The largest absolute Gasteiger partial charge is 0.396 e. The first kappa shape index (κ1) is 10.1. The van der Waals surface area contributed by atoms with Crippen molar-refractivity contribution in [2.24, 2.45) is 17.3 Å². The number of hydrogen-bond acceptors (Lipinski definition) is 3. The van der Waals surface area contributed by atoms with Gasteiger partial charge in [-0.2, -0.15) is 0 Å². The van der Waals surface area contributed by atoms with Gasteiger partial charge in [0.2, 0.25) is 0 Å². The van der Waals surface area contributed by atoms with Gasteiger partial charge in [-0.3, -0.25) is 0 Å². The molecule has 2 atom stereocenters. The summed E-state index contributed by atoms with van der Waals surface area (Å²) in [5, 5.41) is 9.33. The average molecular weight is 210 g/mol. The van der Waals surface area contributed by atoms with Gasteiger partial charge in [-0.25, -0.2) is 0 Å². The summed E-state index contributed by atoms with van der Waals surface area (Å²) in [4.78, 5) is 5.07. The van der Waals surface area contributed by atoms with E-state index >= 15 is 0 Å². The number of rotatable bonds is 3. The van der Waals surface area contributed by atoms with Gasteiger partial charge in [0.05, 0.1) is 0 Å². The first-order valence-corrected chi connectivity index (χ1v) is 6.23. The monoisotopic (exact) mass is 210 g/mol. The summed E-state index contributed by atoms with van der Waals surface area (Å²) in [5.41, 5.74) is 0.310. The lowest BCUT2D eigenvalue weighted by atomic mass is 10.0. The van der Waals surface area contributed by atoms with Crippen LogP contribution in [0.3, 0.4) is 0 Å². The lowest BCUT2D eigenvalue weighted by Crippen LogP contribution is -2.33. The van der Waals surface area contributed by atoms with Gasteiger partial charge >= 0.3 is 0 Å². The maximum atomic E-state index is 9.33. The molecule has 2 heterocycles. The zero-order valence-corrected chi connectivity index (χ0v) is 9.65. The van der Waals surface area contributed by atoms with Crippen molar-refractivity contribution in [2.75, 3.05) is 46.4 Å². The predicted octanol–water partition coefficient (Wildman–Crippen LogP) is 0.252. The molecule has 0 radical (unpaired) electrons. The highest BCUT2D eigenvalue weighted by Crippen LogP contribution is 2.46. The maximum absolute atomic E-state index is 9.33. The standard InChI is InChI=1S/C12H22N2O/c1-13-4-10-6-14(7-11(10)5-13)8-12(9-15)2-3-12/h10-11,15H,2-9H2,1H3. The molecule has 0 aromatic heterocycles. The summed E-state index contributed by atoms with van der Waals surface area (Å²) in [5.74, 6) is 1.81. The van der Waals surface area contributed by atoms with Crippen molar-refractivity contribution in [3.8, 4) is 0 Å². The molecular weight excluding hydrogens is 188 g/mol. The van der Waals surface area contributed by atoms with Gasteiger partial charge in [0.1, 0.15) is 0 Å². The molecular formula is C12H22N2O. The molecule has 3 aliphatic rings. The van der Waals surface area contributed by atoms with Gasteiger partial charge < -0.3 is 14.9 Å². The van der Waals surface area contributed by atoms with Gasteiger partial charge in [0.15, 0.2) is 0 Å². The fraction of sp³-hybridized carbons (Fsp3) is 1.00. The van der Waals surface area contributed by atoms with Crippen molar-refractivity contribution >= 4 is 0 Å². The summed E-state index contributed by atoms with van der Waals surface area (Å²) in [6.45, 7) is 6.67. The molecule has 0 bridgehead atoms. The molecule has 15 heavy (non-hydrogen) atoms. The van der Waals surface area contributed by atoms with E-state index in [1.54, 1.807) is 0 Å². The van der Waals surface area contributed by atoms with Crippen LogP contribution < -0.4 is 0 Å². The molecule has 3 fully saturated rings. The van der Waals surface area contributed by atoms with E-state index in [-0.39, 0.29) is 0 Å². The molecule has 0 aromatic carbocycles. The van der Waals surface area contributed by atoms with Crippen LogP contribution in [0.2, 0.25) is 0 Å². The molecule has 2 saturated heterocycles. The third-order valence-corrected chi connectivity index (χ3v) is 4.60. The Morgan fingerprint density at radius 3 is 2.20 bits per heavy atom. The zero-order valence-electron chi connectivity index (χ0n) is 9.65. The van der Waals surface area contributed by atoms with E-state index in [0.717, 1.165) is 18.4 Å². The molecule has 1 aliphatic carbocycles. The first-order chi connectivity index (χ1) is 7.21. The van der Waals surface area contributed by atoms with Crippen molar-refractivity contribution < 1.29 is 5.11 Å². The van der Waals surface area contributed by atoms with Crippen LogP contribution in [-0.4, -0.2) is 61.3 Å².